The lowest BCUT2D eigenvalue weighted by Gasteiger charge is -2.05. The van der Waals surface area contributed by atoms with E-state index in [2.05, 4.69) is 53.5 Å². The normalized spacial score (nSPS) is 10.8. The zero-order valence-corrected chi connectivity index (χ0v) is 10.9. The maximum Gasteiger partial charge on any atom is 0.0705 e. The Morgan fingerprint density at radius 2 is 1.63 bits per heavy atom. The van der Waals surface area contributed by atoms with Gasteiger partial charge in [0.05, 0.1) is 5.52 Å². The summed E-state index contributed by atoms with van der Waals surface area (Å²) < 4.78 is 0. The van der Waals surface area contributed by atoms with E-state index in [0.717, 1.165) is 16.8 Å². The number of pyridine rings is 1. The summed E-state index contributed by atoms with van der Waals surface area (Å²) in [6, 6.07) is 18.9. The van der Waals surface area contributed by atoms with Crippen molar-refractivity contribution in [3.05, 3.63) is 65.9 Å². The highest BCUT2D eigenvalue weighted by Gasteiger charge is 2.01. The van der Waals surface area contributed by atoms with Gasteiger partial charge in [-0.2, -0.15) is 0 Å². The van der Waals surface area contributed by atoms with Gasteiger partial charge in [-0.1, -0.05) is 36.4 Å². The smallest absolute Gasteiger partial charge is 0.0705 e. The Hall–Kier alpha value is -2.19. The Morgan fingerprint density at radius 1 is 0.895 bits per heavy atom. The van der Waals surface area contributed by atoms with Crippen LogP contribution in [0.3, 0.4) is 0 Å². The molecule has 0 bridgehead atoms. The van der Waals surface area contributed by atoms with Gasteiger partial charge in [0.2, 0.25) is 0 Å². The van der Waals surface area contributed by atoms with Crippen LogP contribution >= 0.6 is 0 Å². The lowest BCUT2D eigenvalue weighted by atomic mass is 10.0. The van der Waals surface area contributed by atoms with Crippen LogP contribution in [0.1, 0.15) is 11.3 Å². The van der Waals surface area contributed by atoms with Gasteiger partial charge in [-0.05, 0) is 41.8 Å². The summed E-state index contributed by atoms with van der Waals surface area (Å²) in [6.45, 7) is 2.60. The molecule has 0 aliphatic heterocycles. The molecule has 0 aliphatic rings. The molecule has 2 nitrogen and oxygen atoms in total. The first-order valence-corrected chi connectivity index (χ1v) is 6.43. The van der Waals surface area contributed by atoms with Gasteiger partial charge in [-0.3, -0.25) is 4.98 Å². The first kappa shape index (κ1) is 11.9. The molecule has 2 N–H and O–H groups in total. The first-order valence-electron chi connectivity index (χ1n) is 6.43. The van der Waals surface area contributed by atoms with E-state index in [1.54, 1.807) is 0 Å². The summed E-state index contributed by atoms with van der Waals surface area (Å²) >= 11 is 0. The van der Waals surface area contributed by atoms with Crippen molar-refractivity contribution in [3.8, 4) is 11.1 Å². The Balaban J connectivity index is 2.06. The Bertz CT molecular complexity index is 715. The molecule has 0 radical (unpaired) electrons. The van der Waals surface area contributed by atoms with Crippen molar-refractivity contribution in [2.24, 2.45) is 5.73 Å². The highest BCUT2D eigenvalue weighted by Crippen LogP contribution is 2.24. The van der Waals surface area contributed by atoms with Gasteiger partial charge in [-0.15, -0.1) is 0 Å². The van der Waals surface area contributed by atoms with Gasteiger partial charge in [0.25, 0.3) is 0 Å². The number of benzene rings is 2. The van der Waals surface area contributed by atoms with Crippen molar-refractivity contribution in [3.63, 3.8) is 0 Å². The molecule has 1 heterocycles. The van der Waals surface area contributed by atoms with Crippen molar-refractivity contribution in [2.75, 3.05) is 0 Å². The molecule has 0 saturated carbocycles. The zero-order chi connectivity index (χ0) is 13.2. The number of rotatable bonds is 2. The van der Waals surface area contributed by atoms with Crippen molar-refractivity contribution in [1.82, 2.24) is 4.98 Å². The number of nitrogens with zero attached hydrogens (tertiary/aromatic N) is 1. The minimum absolute atomic E-state index is 0.585. The van der Waals surface area contributed by atoms with Crippen LogP contribution in [-0.4, -0.2) is 4.98 Å². The number of aryl methyl sites for hydroxylation is 1. The molecule has 94 valence electrons. The van der Waals surface area contributed by atoms with Gasteiger partial charge in [-0.25, -0.2) is 0 Å². The predicted molar refractivity (Wildman–Crippen MR) is 79.8 cm³/mol. The topological polar surface area (TPSA) is 38.9 Å². The van der Waals surface area contributed by atoms with E-state index < -0.39 is 0 Å². The molecule has 0 fully saturated rings. The molecule has 0 unspecified atom stereocenters. The van der Waals surface area contributed by atoms with Crippen LogP contribution in [0.5, 0.6) is 0 Å². The molecule has 3 rings (SSSR count). The molecule has 0 spiro atoms. The molecular weight excluding hydrogens is 232 g/mol. The Labute approximate surface area is 112 Å². The lowest BCUT2D eigenvalue weighted by molar-refractivity contribution is 1.07. The summed E-state index contributed by atoms with van der Waals surface area (Å²) in [4.78, 5) is 4.52. The summed E-state index contributed by atoms with van der Waals surface area (Å²) in [5, 5.41) is 1.17. The highest BCUT2D eigenvalue weighted by molar-refractivity contribution is 5.84. The fraction of sp³-hybridized carbons (Fsp3) is 0.118. The fourth-order valence-corrected chi connectivity index (χ4v) is 2.24. The second kappa shape index (κ2) is 4.82. The maximum absolute atomic E-state index is 5.62. The lowest BCUT2D eigenvalue weighted by Crippen LogP contribution is -1.95. The van der Waals surface area contributed by atoms with Gasteiger partial charge >= 0.3 is 0 Å². The van der Waals surface area contributed by atoms with E-state index in [9.17, 15) is 0 Å². The molecule has 3 aromatic rings. The Morgan fingerprint density at radius 3 is 2.37 bits per heavy atom. The number of nitrogens with two attached hydrogens (primary N) is 1. The minimum atomic E-state index is 0.585. The van der Waals surface area contributed by atoms with Crippen molar-refractivity contribution >= 4 is 10.9 Å². The molecule has 0 atom stereocenters. The minimum Gasteiger partial charge on any atom is -0.326 e. The number of hydrogen-bond acceptors (Lipinski definition) is 2. The maximum atomic E-state index is 5.62. The van der Waals surface area contributed by atoms with Crippen molar-refractivity contribution < 1.29 is 0 Å². The Kier molecular flexibility index (Phi) is 3.02. The molecular formula is C17H16N2. The quantitative estimate of drug-likeness (QED) is 0.751. The van der Waals surface area contributed by atoms with E-state index >= 15 is 0 Å². The van der Waals surface area contributed by atoms with Crippen LogP contribution in [0.15, 0.2) is 54.6 Å². The van der Waals surface area contributed by atoms with Gasteiger partial charge in [0.1, 0.15) is 0 Å². The van der Waals surface area contributed by atoms with Gasteiger partial charge in [0.15, 0.2) is 0 Å². The zero-order valence-electron chi connectivity index (χ0n) is 10.9. The van der Waals surface area contributed by atoms with Crippen LogP contribution in [0.4, 0.5) is 0 Å². The van der Waals surface area contributed by atoms with Crippen LogP contribution in [-0.2, 0) is 6.54 Å². The summed E-state index contributed by atoms with van der Waals surface area (Å²) in [5.41, 5.74) is 11.3. The van der Waals surface area contributed by atoms with Crippen LogP contribution < -0.4 is 5.73 Å². The average Bonchev–Trinajstić information content (AvgIpc) is 2.47. The molecule has 2 heteroatoms. The average molecular weight is 248 g/mol. The molecule has 1 aromatic heterocycles. The van der Waals surface area contributed by atoms with Gasteiger partial charge < -0.3 is 5.73 Å². The monoisotopic (exact) mass is 248 g/mol. The van der Waals surface area contributed by atoms with E-state index in [4.69, 9.17) is 5.73 Å². The third-order valence-electron chi connectivity index (χ3n) is 3.35. The third kappa shape index (κ3) is 2.35. The van der Waals surface area contributed by atoms with Crippen LogP contribution in [0.2, 0.25) is 0 Å². The summed E-state index contributed by atoms with van der Waals surface area (Å²) in [7, 11) is 0. The molecule has 2 aromatic carbocycles. The molecule has 19 heavy (non-hydrogen) atoms. The second-order valence-electron chi connectivity index (χ2n) is 4.76. The number of aromatic nitrogens is 1. The predicted octanol–water partition coefficient (Wildman–Crippen LogP) is 3.67. The fourth-order valence-electron chi connectivity index (χ4n) is 2.24. The second-order valence-corrected chi connectivity index (χ2v) is 4.76. The number of fused-ring (bicyclic) bond motifs is 1. The first-order chi connectivity index (χ1) is 9.26. The van der Waals surface area contributed by atoms with E-state index in [0.29, 0.717) is 6.54 Å². The standard InChI is InChI=1S/C17H16N2/c1-12-2-5-16-10-15(8-9-17(16)19-12)14-6-3-13(11-18)4-7-14/h2-10H,11,18H2,1H3. The highest BCUT2D eigenvalue weighted by atomic mass is 14.7. The van der Waals surface area contributed by atoms with E-state index in [1.165, 1.54) is 16.5 Å². The third-order valence-corrected chi connectivity index (χ3v) is 3.35. The number of hydrogen-bond donors (Lipinski definition) is 1. The van der Waals surface area contributed by atoms with E-state index in [-0.39, 0.29) is 0 Å². The molecule has 0 amide bonds. The largest absolute Gasteiger partial charge is 0.326 e. The SMILES string of the molecule is Cc1ccc2cc(-c3ccc(CN)cc3)ccc2n1. The molecule has 0 aliphatic carbocycles. The summed E-state index contributed by atoms with van der Waals surface area (Å²) in [5.74, 6) is 0. The molecule has 0 saturated heterocycles. The van der Waals surface area contributed by atoms with E-state index in [1.807, 2.05) is 13.0 Å². The van der Waals surface area contributed by atoms with Crippen molar-refractivity contribution in [1.29, 1.82) is 0 Å². The van der Waals surface area contributed by atoms with Crippen LogP contribution in [0.25, 0.3) is 22.0 Å². The van der Waals surface area contributed by atoms with Gasteiger partial charge in [0, 0.05) is 17.6 Å². The van der Waals surface area contributed by atoms with Crippen LogP contribution in [0, 0.1) is 6.92 Å². The van der Waals surface area contributed by atoms with Crippen molar-refractivity contribution in [2.45, 2.75) is 13.5 Å². The summed E-state index contributed by atoms with van der Waals surface area (Å²) in [6.07, 6.45) is 0.